The molecule has 2 amide bonds. The summed E-state index contributed by atoms with van der Waals surface area (Å²) in [7, 11) is 2.13. The average Bonchev–Trinajstić information content (AvgIpc) is 3.63. The largest absolute Gasteiger partial charge is 2.00 e. The van der Waals surface area contributed by atoms with Crippen LogP contribution in [0, 0.1) is 11.8 Å². The molecule has 0 aliphatic carbocycles. The predicted octanol–water partition coefficient (Wildman–Crippen LogP) is 4.21. The minimum atomic E-state index is -0.995. The molecular weight excluding hydrogens is 656 g/mol. The van der Waals surface area contributed by atoms with E-state index in [-0.39, 0.29) is 54.3 Å². The Morgan fingerprint density at radius 1 is 0.738 bits per heavy atom. The number of hydrogen-bond donors (Lipinski definition) is 2. The monoisotopic (exact) mass is 678 g/mol. The SMILES string of the molecule is COC([NH-])=O.COC([NH-])=O.O=[C-]Pc1ncc(C#Cc2ccc(-c3ccc(-c4cnc(P[C-]=O)[nH]4)cc3)cc2)[nH]1.[V+2].[V+2]. The third-order valence-corrected chi connectivity index (χ3v) is 5.80. The van der Waals surface area contributed by atoms with Crippen LogP contribution in [-0.4, -0.2) is 58.4 Å². The van der Waals surface area contributed by atoms with E-state index in [0.717, 1.165) is 42.2 Å². The molecular formula is C26H22N6O6P2V2. The number of imidazole rings is 2. The summed E-state index contributed by atoms with van der Waals surface area (Å²) in [5.41, 5.74) is 18.7. The number of ether oxygens (including phenoxy) is 2. The first kappa shape index (κ1) is 38.3. The molecule has 4 N–H and O–H groups in total. The van der Waals surface area contributed by atoms with E-state index in [1.807, 2.05) is 60.6 Å². The average molecular weight is 678 g/mol. The van der Waals surface area contributed by atoms with Gasteiger partial charge >= 0.3 is 37.1 Å². The molecule has 4 rings (SSSR count). The summed E-state index contributed by atoms with van der Waals surface area (Å²) in [5.74, 6) is 6.09. The van der Waals surface area contributed by atoms with E-state index in [1.54, 1.807) is 12.4 Å². The summed E-state index contributed by atoms with van der Waals surface area (Å²) in [5, 5.41) is 0. The maximum absolute atomic E-state index is 10.5. The van der Waals surface area contributed by atoms with E-state index in [9.17, 15) is 19.2 Å². The van der Waals surface area contributed by atoms with Gasteiger partial charge in [-0.25, -0.2) is 22.0 Å². The van der Waals surface area contributed by atoms with Crippen molar-refractivity contribution in [1.82, 2.24) is 19.9 Å². The zero-order valence-corrected chi connectivity index (χ0v) is 26.8. The number of carbonyl (C=O) groups excluding carboxylic acids is 4. The van der Waals surface area contributed by atoms with Gasteiger partial charge < -0.3 is 40.5 Å². The van der Waals surface area contributed by atoms with Gasteiger partial charge in [0.15, 0.2) is 0 Å². The number of hydrogen-bond acceptors (Lipinski definition) is 8. The van der Waals surface area contributed by atoms with Crippen LogP contribution in [0.15, 0.2) is 60.9 Å². The molecule has 2 aromatic heterocycles. The third kappa shape index (κ3) is 13.8. The molecule has 0 bridgehead atoms. The van der Waals surface area contributed by atoms with Gasteiger partial charge in [-0.2, -0.15) is 17.2 Å². The number of rotatable bonds is 6. The quantitative estimate of drug-likeness (QED) is 0.172. The van der Waals surface area contributed by atoms with Crippen LogP contribution in [0.3, 0.4) is 0 Å². The van der Waals surface area contributed by atoms with E-state index in [2.05, 4.69) is 41.3 Å². The van der Waals surface area contributed by atoms with Crippen LogP contribution in [0.2, 0.25) is 0 Å². The van der Waals surface area contributed by atoms with Crippen molar-refractivity contribution in [2.24, 2.45) is 0 Å². The molecule has 212 valence electrons. The molecule has 0 aliphatic rings. The summed E-state index contributed by atoms with van der Waals surface area (Å²) in [6.07, 6.45) is 1.35. The standard InChI is InChI=1S/C22H14N4O2P2.2C2H5NO2.2V/c27-13-29-21-23-11-19(25-21)10-3-15-1-4-16(5-2-15)17-6-8-18(9-7-17)20-12-24-22(26-20)30-14-28;2*1-5-2(3)4;;/h1-2,4-9,11-12,29-30H,(H,23,25)(H,24,26);2*1H3,(H2,3,4);;/q-2;;;2*+2/p-2. The van der Waals surface area contributed by atoms with Gasteiger partial charge in [-0.05, 0) is 34.7 Å². The number of nitrogens with one attached hydrogen (secondary N) is 4. The van der Waals surface area contributed by atoms with Gasteiger partial charge in [0.05, 0.1) is 43.4 Å². The van der Waals surface area contributed by atoms with E-state index in [4.69, 9.17) is 11.5 Å². The molecule has 0 spiro atoms. The number of amides is 2. The molecule has 0 aliphatic heterocycles. The second-order valence-electron chi connectivity index (χ2n) is 7.13. The molecule has 4 aromatic rings. The predicted molar refractivity (Wildman–Crippen MR) is 155 cm³/mol. The normalized spacial score (nSPS) is 9.48. The van der Waals surface area contributed by atoms with Gasteiger partial charge in [0, 0.05) is 5.56 Å². The Hall–Kier alpha value is -3.67. The fourth-order valence-electron chi connectivity index (χ4n) is 2.80. The zero-order chi connectivity index (χ0) is 29.3. The van der Waals surface area contributed by atoms with Gasteiger partial charge in [0.1, 0.15) is 5.69 Å². The Bertz CT molecular complexity index is 1470. The van der Waals surface area contributed by atoms with Crippen LogP contribution in [0.25, 0.3) is 33.9 Å². The fraction of sp³-hybridized carbons (Fsp3) is 0.0769. The second kappa shape index (κ2) is 21.1. The number of aromatic nitrogens is 4. The molecule has 2 aromatic carbocycles. The molecule has 2 unspecified atom stereocenters. The van der Waals surface area contributed by atoms with Crippen LogP contribution in [0.5, 0.6) is 0 Å². The smallest absolute Gasteiger partial charge is 0.632 e. The van der Waals surface area contributed by atoms with Crippen LogP contribution in [0.4, 0.5) is 9.59 Å². The van der Waals surface area contributed by atoms with Crippen LogP contribution >= 0.6 is 17.2 Å². The van der Waals surface area contributed by atoms with Crippen LogP contribution < -0.4 is 11.1 Å². The minimum Gasteiger partial charge on any atom is -0.632 e. The van der Waals surface area contributed by atoms with Crippen LogP contribution in [-0.2, 0) is 56.2 Å². The first-order valence-electron chi connectivity index (χ1n) is 11.0. The summed E-state index contributed by atoms with van der Waals surface area (Å²) in [4.78, 5) is 53.8. The maximum Gasteiger partial charge on any atom is 2.00 e. The third-order valence-electron chi connectivity index (χ3n) is 4.62. The van der Waals surface area contributed by atoms with E-state index in [1.165, 1.54) is 0 Å². The molecule has 0 fully saturated rings. The zero-order valence-electron chi connectivity index (χ0n) is 22.0. The molecule has 42 heavy (non-hydrogen) atoms. The van der Waals surface area contributed by atoms with Crippen molar-refractivity contribution in [2.75, 3.05) is 14.2 Å². The summed E-state index contributed by atoms with van der Waals surface area (Å²) in [6.45, 7) is 0. The molecule has 2 radical (unpaired) electrons. The Morgan fingerprint density at radius 2 is 1.17 bits per heavy atom. The van der Waals surface area contributed by atoms with Crippen molar-refractivity contribution in [2.45, 2.75) is 0 Å². The minimum absolute atomic E-state index is 0. The van der Waals surface area contributed by atoms with Crippen molar-refractivity contribution >= 4 is 52.5 Å². The van der Waals surface area contributed by atoms with Crippen molar-refractivity contribution in [3.63, 3.8) is 0 Å². The van der Waals surface area contributed by atoms with Gasteiger partial charge in [-0.15, -0.1) is 0 Å². The molecule has 2 heterocycles. The van der Waals surface area contributed by atoms with Crippen molar-refractivity contribution in [3.05, 3.63) is 83.6 Å². The number of carbonyl (C=O) groups is 2. The van der Waals surface area contributed by atoms with Crippen molar-refractivity contribution in [1.29, 1.82) is 0 Å². The summed E-state index contributed by atoms with van der Waals surface area (Å²) in [6, 6.07) is 19.8. The Morgan fingerprint density at radius 3 is 1.64 bits per heavy atom. The number of nitrogens with zero attached hydrogens (tertiary/aromatic N) is 2. The summed E-state index contributed by atoms with van der Waals surface area (Å²) < 4.78 is 7.56. The Balaban J connectivity index is 0.00000122. The first-order chi connectivity index (χ1) is 19.3. The number of benzene rings is 2. The van der Waals surface area contributed by atoms with Crippen molar-refractivity contribution < 1.29 is 65.8 Å². The van der Waals surface area contributed by atoms with E-state index >= 15 is 0 Å². The Labute approximate surface area is 269 Å². The molecule has 2 atom stereocenters. The molecule has 0 saturated heterocycles. The van der Waals surface area contributed by atoms with E-state index < -0.39 is 12.2 Å². The molecule has 16 heteroatoms. The fourth-order valence-corrected chi connectivity index (χ4v) is 3.65. The van der Waals surface area contributed by atoms with Gasteiger partial charge in [-0.3, -0.25) is 9.59 Å². The molecule has 0 saturated carbocycles. The topological polar surface area (TPSA) is 192 Å². The van der Waals surface area contributed by atoms with Crippen LogP contribution in [0.1, 0.15) is 11.3 Å². The first-order valence-corrected chi connectivity index (χ1v) is 13.0. The Kier molecular flexibility index (Phi) is 19.2. The summed E-state index contributed by atoms with van der Waals surface area (Å²) >= 11 is 0. The number of methoxy groups -OCH3 is 2. The van der Waals surface area contributed by atoms with E-state index in [0.29, 0.717) is 16.8 Å². The van der Waals surface area contributed by atoms with Crippen molar-refractivity contribution in [3.8, 4) is 34.2 Å². The van der Waals surface area contributed by atoms with Gasteiger partial charge in [0.2, 0.25) is 12.2 Å². The molecule has 12 nitrogen and oxygen atoms in total. The maximum atomic E-state index is 10.5. The van der Waals surface area contributed by atoms with Gasteiger partial charge in [0.25, 0.3) is 0 Å². The van der Waals surface area contributed by atoms with Gasteiger partial charge in [-0.1, -0.05) is 42.3 Å². The second-order valence-corrected chi connectivity index (χ2v) is 8.99. The number of aromatic amines is 2. The number of H-pyrrole nitrogens is 2.